The van der Waals surface area contributed by atoms with Crippen LogP contribution in [0.3, 0.4) is 0 Å². The molecule has 1 unspecified atom stereocenters. The molecule has 0 aliphatic heterocycles. The number of hydrogen-bond acceptors (Lipinski definition) is 4. The van der Waals surface area contributed by atoms with E-state index in [0.717, 1.165) is 4.88 Å². The van der Waals surface area contributed by atoms with E-state index in [0.29, 0.717) is 18.7 Å². The standard InChI is InChI=1S/C13H14F2N4OS/c14-13(15)5-1-3-8(13)7-10(20)16-12-17-11(18-19-12)9-4-2-6-21-9/h2,4,6,8H,1,3,5,7H2,(H2,16,17,18,19,20). The molecule has 2 N–H and O–H groups in total. The average Bonchev–Trinajstić information content (AvgIpc) is 3.11. The second-order valence-corrected chi connectivity index (χ2v) is 6.04. The lowest BCUT2D eigenvalue weighted by atomic mass is 10.0. The maximum absolute atomic E-state index is 13.5. The lowest BCUT2D eigenvalue weighted by Gasteiger charge is -2.17. The van der Waals surface area contributed by atoms with Crippen molar-refractivity contribution in [1.82, 2.24) is 15.2 Å². The van der Waals surface area contributed by atoms with Crippen LogP contribution in [0.5, 0.6) is 0 Å². The molecule has 2 heterocycles. The molecular formula is C13H14F2N4OS. The molecule has 3 rings (SSSR count). The van der Waals surface area contributed by atoms with E-state index in [1.165, 1.54) is 11.3 Å². The van der Waals surface area contributed by atoms with Crippen LogP contribution in [0.15, 0.2) is 17.5 Å². The number of H-pyrrole nitrogens is 1. The molecule has 2 aromatic rings. The van der Waals surface area contributed by atoms with Crippen LogP contribution in [0.25, 0.3) is 10.7 Å². The van der Waals surface area contributed by atoms with Crippen LogP contribution in [0, 0.1) is 5.92 Å². The number of nitrogens with zero attached hydrogens (tertiary/aromatic N) is 2. The Morgan fingerprint density at radius 1 is 1.57 bits per heavy atom. The van der Waals surface area contributed by atoms with Crippen LogP contribution in [0.2, 0.25) is 0 Å². The number of amides is 1. The summed E-state index contributed by atoms with van der Waals surface area (Å²) in [7, 11) is 0. The number of aromatic nitrogens is 3. The Balaban J connectivity index is 1.60. The van der Waals surface area contributed by atoms with Crippen LogP contribution >= 0.6 is 11.3 Å². The van der Waals surface area contributed by atoms with Gasteiger partial charge in [-0.25, -0.2) is 8.78 Å². The van der Waals surface area contributed by atoms with E-state index in [2.05, 4.69) is 20.5 Å². The number of halogens is 2. The number of alkyl halides is 2. The molecule has 1 saturated carbocycles. The van der Waals surface area contributed by atoms with Crippen LogP contribution in [0.4, 0.5) is 14.7 Å². The number of aromatic amines is 1. The molecule has 1 atom stereocenters. The molecule has 1 aliphatic rings. The quantitative estimate of drug-likeness (QED) is 0.910. The Labute approximate surface area is 123 Å². The lowest BCUT2D eigenvalue weighted by molar-refractivity contribution is -0.120. The average molecular weight is 312 g/mol. The van der Waals surface area contributed by atoms with Gasteiger partial charge < -0.3 is 0 Å². The lowest BCUT2D eigenvalue weighted by Crippen LogP contribution is -2.27. The fraction of sp³-hybridized carbons (Fsp3) is 0.462. The highest BCUT2D eigenvalue weighted by molar-refractivity contribution is 7.13. The zero-order valence-electron chi connectivity index (χ0n) is 11.1. The van der Waals surface area contributed by atoms with Crippen molar-refractivity contribution in [2.24, 2.45) is 5.92 Å². The normalized spacial score (nSPS) is 20.6. The summed E-state index contributed by atoms with van der Waals surface area (Å²) in [6, 6.07) is 3.75. The monoisotopic (exact) mass is 312 g/mol. The van der Waals surface area contributed by atoms with Gasteiger partial charge in [-0.2, -0.15) is 4.98 Å². The minimum Gasteiger partial charge on any atom is -0.293 e. The molecule has 2 aromatic heterocycles. The highest BCUT2D eigenvalue weighted by Gasteiger charge is 2.44. The van der Waals surface area contributed by atoms with Gasteiger partial charge in [0.25, 0.3) is 5.92 Å². The summed E-state index contributed by atoms with van der Waals surface area (Å²) in [5.74, 6) is -3.43. The van der Waals surface area contributed by atoms with Crippen LogP contribution < -0.4 is 5.32 Å². The smallest absolute Gasteiger partial charge is 0.251 e. The summed E-state index contributed by atoms with van der Waals surface area (Å²) < 4.78 is 27.0. The first kappa shape index (κ1) is 14.1. The first-order valence-electron chi connectivity index (χ1n) is 6.68. The molecule has 8 heteroatoms. The Hall–Kier alpha value is -1.83. The van der Waals surface area contributed by atoms with Gasteiger partial charge in [0.15, 0.2) is 5.82 Å². The summed E-state index contributed by atoms with van der Waals surface area (Å²) in [5, 5.41) is 11.0. The molecular weight excluding hydrogens is 298 g/mol. The van der Waals surface area contributed by atoms with Gasteiger partial charge in [-0.3, -0.25) is 15.2 Å². The number of carbonyl (C=O) groups excluding carboxylic acids is 1. The Bertz CT molecular complexity index is 626. The summed E-state index contributed by atoms with van der Waals surface area (Å²) in [6.45, 7) is 0. The third-order valence-electron chi connectivity index (χ3n) is 3.58. The maximum atomic E-state index is 13.5. The zero-order chi connectivity index (χ0) is 14.9. The Morgan fingerprint density at radius 2 is 2.43 bits per heavy atom. The second kappa shape index (κ2) is 5.51. The first-order chi connectivity index (χ1) is 10.0. The highest BCUT2D eigenvalue weighted by Crippen LogP contribution is 2.42. The van der Waals surface area contributed by atoms with E-state index in [-0.39, 0.29) is 18.8 Å². The molecule has 1 fully saturated rings. The molecule has 1 amide bonds. The topological polar surface area (TPSA) is 70.7 Å². The van der Waals surface area contributed by atoms with E-state index in [9.17, 15) is 13.6 Å². The van der Waals surface area contributed by atoms with Crippen molar-refractivity contribution in [3.8, 4) is 10.7 Å². The van der Waals surface area contributed by atoms with Gasteiger partial charge >= 0.3 is 0 Å². The van der Waals surface area contributed by atoms with Gasteiger partial charge in [0, 0.05) is 18.8 Å². The van der Waals surface area contributed by atoms with E-state index >= 15 is 0 Å². The van der Waals surface area contributed by atoms with Gasteiger partial charge in [-0.05, 0) is 24.3 Å². The van der Waals surface area contributed by atoms with Gasteiger partial charge in [-0.1, -0.05) is 6.07 Å². The fourth-order valence-corrected chi connectivity index (χ4v) is 3.16. The third-order valence-corrected chi connectivity index (χ3v) is 4.46. The minimum absolute atomic E-state index is 0.115. The summed E-state index contributed by atoms with van der Waals surface area (Å²) in [4.78, 5) is 16.8. The number of anilines is 1. The van der Waals surface area contributed by atoms with Crippen LogP contribution in [-0.2, 0) is 4.79 Å². The number of hydrogen-bond donors (Lipinski definition) is 2. The molecule has 21 heavy (non-hydrogen) atoms. The summed E-state index contributed by atoms with van der Waals surface area (Å²) in [5.41, 5.74) is 0. The van der Waals surface area contributed by atoms with Crippen LogP contribution in [0.1, 0.15) is 25.7 Å². The van der Waals surface area contributed by atoms with Gasteiger partial charge in [-0.15, -0.1) is 16.4 Å². The fourth-order valence-electron chi connectivity index (χ4n) is 2.49. The molecule has 1 aliphatic carbocycles. The molecule has 112 valence electrons. The molecule has 0 aromatic carbocycles. The van der Waals surface area contributed by atoms with Crippen molar-refractivity contribution in [2.75, 3.05) is 5.32 Å². The molecule has 0 spiro atoms. The number of nitrogens with one attached hydrogen (secondary N) is 2. The first-order valence-corrected chi connectivity index (χ1v) is 7.56. The van der Waals surface area contributed by atoms with Crippen molar-refractivity contribution < 1.29 is 13.6 Å². The van der Waals surface area contributed by atoms with E-state index < -0.39 is 17.7 Å². The Kier molecular flexibility index (Phi) is 3.71. The highest BCUT2D eigenvalue weighted by atomic mass is 32.1. The van der Waals surface area contributed by atoms with Crippen molar-refractivity contribution >= 4 is 23.2 Å². The predicted molar refractivity (Wildman–Crippen MR) is 75.2 cm³/mol. The third kappa shape index (κ3) is 3.10. The van der Waals surface area contributed by atoms with Gasteiger partial charge in [0.2, 0.25) is 11.9 Å². The van der Waals surface area contributed by atoms with Crippen molar-refractivity contribution in [1.29, 1.82) is 0 Å². The van der Waals surface area contributed by atoms with Gasteiger partial charge in [0.1, 0.15) is 0 Å². The number of carbonyl (C=O) groups is 1. The largest absolute Gasteiger partial charge is 0.293 e. The molecule has 5 nitrogen and oxygen atoms in total. The van der Waals surface area contributed by atoms with E-state index in [1.807, 2.05) is 17.5 Å². The minimum atomic E-state index is -2.74. The molecule has 0 saturated heterocycles. The summed E-state index contributed by atoms with van der Waals surface area (Å²) in [6.07, 6.45) is 0.521. The van der Waals surface area contributed by atoms with E-state index in [4.69, 9.17) is 0 Å². The van der Waals surface area contributed by atoms with Crippen molar-refractivity contribution in [3.63, 3.8) is 0 Å². The van der Waals surface area contributed by atoms with E-state index in [1.54, 1.807) is 0 Å². The molecule has 0 radical (unpaired) electrons. The second-order valence-electron chi connectivity index (χ2n) is 5.09. The maximum Gasteiger partial charge on any atom is 0.251 e. The zero-order valence-corrected chi connectivity index (χ0v) is 11.9. The predicted octanol–water partition coefficient (Wildman–Crippen LogP) is 3.30. The Morgan fingerprint density at radius 3 is 3.10 bits per heavy atom. The SMILES string of the molecule is O=C(CC1CCCC1(F)F)Nc1n[nH]c(-c2cccs2)n1. The van der Waals surface area contributed by atoms with Crippen molar-refractivity contribution in [3.05, 3.63) is 17.5 Å². The van der Waals surface area contributed by atoms with Crippen LogP contribution in [-0.4, -0.2) is 27.0 Å². The molecule has 0 bridgehead atoms. The number of rotatable bonds is 4. The van der Waals surface area contributed by atoms with Gasteiger partial charge in [0.05, 0.1) is 4.88 Å². The number of thiophene rings is 1. The summed E-state index contributed by atoms with van der Waals surface area (Å²) >= 11 is 1.49. The van der Waals surface area contributed by atoms with Crippen molar-refractivity contribution in [2.45, 2.75) is 31.6 Å².